The molecule has 2 N–H and O–H groups in total. The highest BCUT2D eigenvalue weighted by atomic mass is 32.1. The number of ketones is 1. The van der Waals surface area contributed by atoms with Crippen molar-refractivity contribution in [1.29, 1.82) is 0 Å². The van der Waals surface area contributed by atoms with Crippen LogP contribution in [0.15, 0.2) is 69.9 Å². The third-order valence-corrected chi connectivity index (χ3v) is 8.24. The van der Waals surface area contributed by atoms with Crippen molar-refractivity contribution in [1.82, 2.24) is 0 Å². The van der Waals surface area contributed by atoms with E-state index in [4.69, 9.17) is 26.1 Å². The SMILES string of the molecule is CCCc1c(OCC/C=C\C=C\[C@@H](c2c(C(=O)OC)oc3c(c2=O)=CCC(=S)C=3)[C@@H](O)c2cccc(C(F)(F)F)c2)ccc(C(=O)C(F)(F)F)c1O. The number of alkyl halides is 6. The van der Waals surface area contributed by atoms with Crippen LogP contribution in [0.1, 0.15) is 81.4 Å². The molecule has 0 saturated heterocycles. The molecule has 0 spiro atoms. The van der Waals surface area contributed by atoms with Gasteiger partial charge in [-0.2, -0.15) is 26.3 Å². The number of benzene rings is 2. The Morgan fingerprint density at radius 3 is 2.48 bits per heavy atom. The number of phenols is 1. The van der Waals surface area contributed by atoms with Crippen LogP contribution in [-0.2, 0) is 17.3 Å². The van der Waals surface area contributed by atoms with Gasteiger partial charge in [-0.3, -0.25) is 9.59 Å². The highest BCUT2D eigenvalue weighted by Crippen LogP contribution is 2.37. The molecule has 2 atom stereocenters. The zero-order valence-electron chi connectivity index (χ0n) is 27.6. The van der Waals surface area contributed by atoms with Gasteiger partial charge in [0.05, 0.1) is 41.7 Å². The maximum atomic E-state index is 13.9. The third-order valence-electron chi connectivity index (χ3n) is 7.96. The molecular formula is C37H32F6O8S. The lowest BCUT2D eigenvalue weighted by Crippen LogP contribution is -2.45. The fraction of sp³-hybridized carbons (Fsp3) is 0.297. The standard InChI is InChI=1S/C37H32F6O8S/c1-3-9-23-27(16-15-26(31(23)45)34(47)37(41,42)43)50-17-7-5-4-6-12-25(30(44)20-10-8-11-21(18-20)36(38,39)40)29-32(46)24-14-13-22(52)19-28(24)51-33(29)35(48)49-2/h4-6,8,10-12,14-16,18-19,25,30,44-45H,3,7,9,13,17H2,1-2H3/b5-4-,12-6+/t25-,30-/m0/s1. The van der Waals surface area contributed by atoms with E-state index in [1.807, 2.05) is 0 Å². The summed E-state index contributed by atoms with van der Waals surface area (Å²) >= 11 is 5.19. The van der Waals surface area contributed by atoms with E-state index in [-0.39, 0.29) is 58.9 Å². The summed E-state index contributed by atoms with van der Waals surface area (Å²) in [5.74, 6) is -6.01. The van der Waals surface area contributed by atoms with E-state index in [9.17, 15) is 50.9 Å². The van der Waals surface area contributed by atoms with E-state index in [1.54, 1.807) is 13.0 Å². The van der Waals surface area contributed by atoms with Crippen LogP contribution in [0.4, 0.5) is 26.3 Å². The molecule has 0 amide bonds. The first-order valence-electron chi connectivity index (χ1n) is 15.8. The van der Waals surface area contributed by atoms with Gasteiger partial charge in [0.15, 0.2) is 5.43 Å². The molecule has 276 valence electrons. The number of aliphatic hydroxyl groups excluding tert-OH is 1. The minimum absolute atomic E-state index is 0.0152. The predicted octanol–water partition coefficient (Wildman–Crippen LogP) is 6.58. The number of rotatable bonds is 13. The number of aliphatic hydroxyl groups is 1. The minimum Gasteiger partial charge on any atom is -0.507 e. The van der Waals surface area contributed by atoms with Crippen molar-refractivity contribution in [3.05, 3.63) is 115 Å². The van der Waals surface area contributed by atoms with Crippen molar-refractivity contribution in [2.75, 3.05) is 13.7 Å². The summed E-state index contributed by atoms with van der Waals surface area (Å²) in [6.45, 7) is 1.69. The largest absolute Gasteiger partial charge is 0.507 e. The Balaban J connectivity index is 1.66. The van der Waals surface area contributed by atoms with E-state index in [2.05, 4.69) is 0 Å². The number of carbonyl (C=O) groups excluding carboxylic acids is 2. The molecule has 8 nitrogen and oxygen atoms in total. The topological polar surface area (TPSA) is 123 Å². The number of Topliss-reactive ketones (excluding diaryl/α,β-unsaturated/α-hetero) is 1. The lowest BCUT2D eigenvalue weighted by atomic mass is 9.86. The molecule has 15 heteroatoms. The lowest BCUT2D eigenvalue weighted by molar-refractivity contribution is -0.137. The Hall–Kier alpha value is -5.02. The van der Waals surface area contributed by atoms with Gasteiger partial charge in [-0.1, -0.05) is 68.1 Å². The number of thiocarbonyl (C=S) groups is 1. The van der Waals surface area contributed by atoms with Gasteiger partial charge in [-0.25, -0.2) is 4.79 Å². The maximum Gasteiger partial charge on any atom is 0.455 e. The summed E-state index contributed by atoms with van der Waals surface area (Å²) in [4.78, 5) is 38.9. The van der Waals surface area contributed by atoms with Crippen molar-refractivity contribution >= 4 is 41.0 Å². The van der Waals surface area contributed by atoms with Crippen molar-refractivity contribution in [3.8, 4) is 11.5 Å². The van der Waals surface area contributed by atoms with Crippen LogP contribution >= 0.6 is 12.2 Å². The second-order valence-electron chi connectivity index (χ2n) is 11.5. The maximum absolute atomic E-state index is 13.9. The quantitative estimate of drug-likeness (QED) is 0.0498. The number of methoxy groups -OCH3 is 1. The van der Waals surface area contributed by atoms with Crippen LogP contribution in [-0.4, -0.2) is 46.7 Å². The third kappa shape index (κ3) is 9.06. The molecule has 1 aliphatic carbocycles. The van der Waals surface area contributed by atoms with Crippen LogP contribution in [0, 0.1) is 0 Å². The van der Waals surface area contributed by atoms with Gasteiger partial charge in [0, 0.05) is 22.8 Å². The summed E-state index contributed by atoms with van der Waals surface area (Å²) in [7, 11) is 1.04. The number of ether oxygens (including phenoxy) is 2. The summed E-state index contributed by atoms with van der Waals surface area (Å²) < 4.78 is 95.9. The first-order chi connectivity index (χ1) is 24.5. The molecule has 3 aromatic rings. The van der Waals surface area contributed by atoms with Crippen molar-refractivity contribution in [3.63, 3.8) is 0 Å². The molecule has 1 aromatic heterocycles. The Morgan fingerprint density at radius 2 is 1.83 bits per heavy atom. The lowest BCUT2D eigenvalue weighted by Gasteiger charge is -2.22. The first-order valence-corrected chi connectivity index (χ1v) is 16.2. The normalized spacial score (nSPS) is 14.4. The molecule has 0 bridgehead atoms. The number of allylic oxidation sites excluding steroid dienone is 2. The van der Waals surface area contributed by atoms with E-state index < -0.39 is 64.2 Å². The fourth-order valence-electron chi connectivity index (χ4n) is 5.48. The number of hydrogen-bond donors (Lipinski definition) is 2. The minimum atomic E-state index is -5.18. The second kappa shape index (κ2) is 16.5. The molecule has 0 unspecified atom stereocenters. The number of halogens is 6. The molecule has 52 heavy (non-hydrogen) atoms. The van der Waals surface area contributed by atoms with Crippen LogP contribution in [0.2, 0.25) is 0 Å². The molecule has 0 aliphatic heterocycles. The molecule has 4 rings (SSSR count). The molecular weight excluding hydrogens is 718 g/mol. The summed E-state index contributed by atoms with van der Waals surface area (Å²) in [6.07, 6.45) is -2.14. The fourth-order valence-corrected chi connectivity index (χ4v) is 5.67. The van der Waals surface area contributed by atoms with Crippen molar-refractivity contribution in [2.45, 2.75) is 57.0 Å². The highest BCUT2D eigenvalue weighted by Gasteiger charge is 2.41. The van der Waals surface area contributed by atoms with Crippen LogP contribution in [0.3, 0.4) is 0 Å². The molecule has 1 aliphatic rings. The molecule has 0 radical (unpaired) electrons. The average Bonchev–Trinajstić information content (AvgIpc) is 3.09. The number of esters is 1. The van der Waals surface area contributed by atoms with Gasteiger partial charge in [0.2, 0.25) is 5.76 Å². The number of aromatic hydroxyl groups is 1. The van der Waals surface area contributed by atoms with Gasteiger partial charge >= 0.3 is 18.3 Å². The van der Waals surface area contributed by atoms with Crippen LogP contribution in [0.5, 0.6) is 11.5 Å². The van der Waals surface area contributed by atoms with E-state index >= 15 is 0 Å². The van der Waals surface area contributed by atoms with Gasteiger partial charge < -0.3 is 24.1 Å². The number of hydrogen-bond acceptors (Lipinski definition) is 9. The summed E-state index contributed by atoms with van der Waals surface area (Å²) in [6, 6.07) is 5.87. The Morgan fingerprint density at radius 1 is 1.10 bits per heavy atom. The number of phenolic OH excluding ortho intramolecular Hbond substituents is 1. The predicted molar refractivity (Wildman–Crippen MR) is 182 cm³/mol. The molecule has 1 heterocycles. The zero-order chi connectivity index (χ0) is 38.4. The van der Waals surface area contributed by atoms with E-state index in [1.165, 1.54) is 42.5 Å². The van der Waals surface area contributed by atoms with Gasteiger partial charge in [-0.15, -0.1) is 0 Å². The summed E-state index contributed by atoms with van der Waals surface area (Å²) in [5.41, 5.74) is -3.22. The van der Waals surface area contributed by atoms with E-state index in [0.29, 0.717) is 11.3 Å². The molecule has 0 saturated carbocycles. The number of carbonyl (C=O) groups is 2. The molecule has 2 aromatic carbocycles. The Kier molecular flexibility index (Phi) is 12.7. The van der Waals surface area contributed by atoms with Gasteiger partial charge in [-0.05, 0) is 48.7 Å². The number of fused-ring (bicyclic) bond motifs is 1. The Bertz CT molecular complexity index is 2100. The average molecular weight is 751 g/mol. The monoisotopic (exact) mass is 750 g/mol. The van der Waals surface area contributed by atoms with Crippen LogP contribution < -0.4 is 20.8 Å². The highest BCUT2D eigenvalue weighted by molar-refractivity contribution is 7.81. The second-order valence-corrected chi connectivity index (χ2v) is 12.0. The van der Waals surface area contributed by atoms with Gasteiger partial charge in [0.1, 0.15) is 16.9 Å². The smallest absolute Gasteiger partial charge is 0.455 e. The van der Waals surface area contributed by atoms with Crippen LogP contribution in [0.25, 0.3) is 12.2 Å². The van der Waals surface area contributed by atoms with Crippen molar-refractivity contribution < 1.29 is 60.0 Å². The first kappa shape index (κ1) is 39.8. The summed E-state index contributed by atoms with van der Waals surface area (Å²) in [5, 5.41) is 22.0. The Labute approximate surface area is 298 Å². The molecule has 0 fully saturated rings. The van der Waals surface area contributed by atoms with Crippen molar-refractivity contribution in [2.24, 2.45) is 0 Å². The van der Waals surface area contributed by atoms with E-state index in [0.717, 1.165) is 31.4 Å². The van der Waals surface area contributed by atoms with Gasteiger partial charge in [0.25, 0.3) is 5.78 Å². The zero-order valence-corrected chi connectivity index (χ0v) is 28.5.